The molecule has 4 amide bonds. The van der Waals surface area contributed by atoms with Crippen molar-refractivity contribution < 1.29 is 23.9 Å². The van der Waals surface area contributed by atoms with Gasteiger partial charge in [0.15, 0.2) is 0 Å². The first-order valence-corrected chi connectivity index (χ1v) is 20.8. The molecule has 0 bridgehead atoms. The number of nitrogens with zero attached hydrogens (tertiary/aromatic N) is 5. The SMILES string of the molecule is CCC(c1cc2cnc(NC(=O)c3ccc(OC4CCN(CC5CCN(c6cccc(C)c6CN(C=O)C(C)CCC(=O)NC=O)CC5)CC4)cc3)cc2[nH]1)N(C)C. The minimum Gasteiger partial charge on any atom is -0.490 e. The second kappa shape index (κ2) is 19.9. The summed E-state index contributed by atoms with van der Waals surface area (Å²) in [6, 6.07) is 17.9. The maximum absolute atomic E-state index is 13.1. The zero-order valence-electron chi connectivity index (χ0n) is 34.7. The van der Waals surface area contributed by atoms with Crippen LogP contribution >= 0.6 is 0 Å². The summed E-state index contributed by atoms with van der Waals surface area (Å²) in [6.07, 6.45) is 8.98. The first-order valence-electron chi connectivity index (χ1n) is 20.8. The number of anilines is 2. The minimum absolute atomic E-state index is 0.140. The first kappa shape index (κ1) is 42.3. The standard InChI is InChI=1S/C45H60N8O5/c1-6-41(50(4)5)40-24-35-26-46-43(25-39(35)48-40)49-45(57)34-11-13-36(14-12-34)58-37-18-20-51(21-19-37)27-33-16-22-52(23-17-33)42-9-7-8-31(2)38(42)28-53(30-55)32(3)10-15-44(56)47-29-54/h7-9,11-14,24-26,29-30,32-33,37,41,48H,6,10,15-23,27-28H2,1-5H3,(H,46,49,57)(H,47,54,56). The fourth-order valence-electron chi connectivity index (χ4n) is 8.47. The van der Waals surface area contributed by atoms with Gasteiger partial charge in [0, 0.05) is 92.4 Å². The van der Waals surface area contributed by atoms with Crippen molar-refractivity contribution >= 4 is 47.0 Å². The van der Waals surface area contributed by atoms with Crippen LogP contribution in [-0.2, 0) is 20.9 Å². The number of pyridine rings is 1. The highest BCUT2D eigenvalue weighted by molar-refractivity contribution is 6.04. The number of rotatable bonds is 18. The molecule has 4 heterocycles. The van der Waals surface area contributed by atoms with Gasteiger partial charge in [-0.1, -0.05) is 19.1 Å². The quantitative estimate of drug-likeness (QED) is 0.0991. The molecule has 0 spiro atoms. The highest BCUT2D eigenvalue weighted by Crippen LogP contribution is 2.31. The van der Waals surface area contributed by atoms with Gasteiger partial charge in [-0.3, -0.25) is 24.5 Å². The molecule has 2 saturated heterocycles. The number of hydrogen-bond donors (Lipinski definition) is 3. The third kappa shape index (κ3) is 10.8. The van der Waals surface area contributed by atoms with Gasteiger partial charge in [-0.2, -0.15) is 0 Å². The van der Waals surface area contributed by atoms with Crippen LogP contribution < -0.4 is 20.3 Å². The lowest BCUT2D eigenvalue weighted by molar-refractivity contribution is -0.126. The molecule has 2 fully saturated rings. The number of benzene rings is 2. The number of piperidine rings is 2. The Labute approximate surface area is 342 Å². The van der Waals surface area contributed by atoms with Crippen LogP contribution in [0.25, 0.3) is 10.9 Å². The number of aromatic nitrogens is 2. The lowest BCUT2D eigenvalue weighted by Crippen LogP contribution is -2.43. The summed E-state index contributed by atoms with van der Waals surface area (Å²) in [7, 11) is 4.15. The molecule has 13 heteroatoms. The van der Waals surface area contributed by atoms with Gasteiger partial charge in [-0.25, -0.2) is 4.98 Å². The monoisotopic (exact) mass is 792 g/mol. The number of fused-ring (bicyclic) bond motifs is 1. The lowest BCUT2D eigenvalue weighted by atomic mass is 9.93. The molecule has 2 aliphatic heterocycles. The zero-order chi connectivity index (χ0) is 41.2. The second-order valence-corrected chi connectivity index (χ2v) is 16.2. The molecule has 310 valence electrons. The van der Waals surface area contributed by atoms with E-state index >= 15 is 0 Å². The van der Waals surface area contributed by atoms with Gasteiger partial charge in [0.1, 0.15) is 17.7 Å². The van der Waals surface area contributed by atoms with Crippen molar-refractivity contribution in [3.63, 3.8) is 0 Å². The van der Waals surface area contributed by atoms with Crippen molar-refractivity contribution in [2.45, 2.75) is 90.4 Å². The van der Waals surface area contributed by atoms with Gasteiger partial charge in [-0.15, -0.1) is 0 Å². The summed E-state index contributed by atoms with van der Waals surface area (Å²) in [5.74, 6) is 1.35. The lowest BCUT2D eigenvalue weighted by Gasteiger charge is -2.39. The van der Waals surface area contributed by atoms with Crippen LogP contribution in [0.1, 0.15) is 92.0 Å². The molecule has 2 aromatic carbocycles. The summed E-state index contributed by atoms with van der Waals surface area (Å²) >= 11 is 0. The molecule has 2 aliphatic rings. The zero-order valence-corrected chi connectivity index (χ0v) is 34.7. The van der Waals surface area contributed by atoms with E-state index in [9.17, 15) is 19.2 Å². The molecule has 58 heavy (non-hydrogen) atoms. The predicted octanol–water partition coefficient (Wildman–Crippen LogP) is 6.30. The van der Waals surface area contributed by atoms with Crippen molar-refractivity contribution in [3.05, 3.63) is 83.2 Å². The van der Waals surface area contributed by atoms with E-state index in [2.05, 4.69) is 87.5 Å². The van der Waals surface area contributed by atoms with E-state index in [4.69, 9.17) is 4.74 Å². The van der Waals surface area contributed by atoms with E-state index in [0.29, 0.717) is 36.7 Å². The minimum atomic E-state index is -0.337. The predicted molar refractivity (Wildman–Crippen MR) is 228 cm³/mol. The van der Waals surface area contributed by atoms with Gasteiger partial charge >= 0.3 is 0 Å². The van der Waals surface area contributed by atoms with E-state index in [-0.39, 0.29) is 36.4 Å². The van der Waals surface area contributed by atoms with E-state index < -0.39 is 0 Å². The summed E-state index contributed by atoms with van der Waals surface area (Å²) in [6.45, 7) is 11.7. The highest BCUT2D eigenvalue weighted by atomic mass is 16.5. The number of hydrogen-bond acceptors (Lipinski definition) is 9. The van der Waals surface area contributed by atoms with Crippen LogP contribution in [0.15, 0.2) is 60.8 Å². The normalized spacial score (nSPS) is 16.6. The molecule has 13 nitrogen and oxygen atoms in total. The number of ether oxygens (including phenoxy) is 1. The number of carbonyl (C=O) groups is 4. The van der Waals surface area contributed by atoms with Crippen LogP contribution in [0.5, 0.6) is 5.75 Å². The van der Waals surface area contributed by atoms with Gasteiger partial charge in [0.25, 0.3) is 5.91 Å². The fraction of sp³-hybridized carbons (Fsp3) is 0.489. The molecular weight excluding hydrogens is 733 g/mol. The smallest absolute Gasteiger partial charge is 0.256 e. The summed E-state index contributed by atoms with van der Waals surface area (Å²) in [5, 5.41) is 6.13. The Balaban J connectivity index is 0.934. The first-order chi connectivity index (χ1) is 28.0. The number of H-pyrrole nitrogens is 1. The number of aromatic amines is 1. The largest absolute Gasteiger partial charge is 0.490 e. The fourth-order valence-corrected chi connectivity index (χ4v) is 8.47. The van der Waals surface area contributed by atoms with E-state index in [0.717, 1.165) is 105 Å². The number of likely N-dealkylation sites (tertiary alicyclic amines) is 1. The highest BCUT2D eigenvalue weighted by Gasteiger charge is 2.27. The van der Waals surface area contributed by atoms with Crippen LogP contribution in [0.3, 0.4) is 0 Å². The van der Waals surface area contributed by atoms with Crippen molar-refractivity contribution in [2.75, 3.05) is 57.0 Å². The average Bonchev–Trinajstić information content (AvgIpc) is 3.64. The Morgan fingerprint density at radius 1 is 1.02 bits per heavy atom. The topological polar surface area (TPSA) is 143 Å². The average molecular weight is 793 g/mol. The van der Waals surface area contributed by atoms with E-state index in [1.165, 1.54) is 5.69 Å². The molecule has 6 rings (SSSR count). The summed E-state index contributed by atoms with van der Waals surface area (Å²) in [5.41, 5.74) is 6.08. The Bertz CT molecular complexity index is 2000. The van der Waals surface area contributed by atoms with Crippen LogP contribution in [0.2, 0.25) is 0 Å². The Morgan fingerprint density at radius 2 is 1.76 bits per heavy atom. The van der Waals surface area contributed by atoms with Gasteiger partial charge < -0.3 is 34.6 Å². The molecule has 0 aliphatic carbocycles. The molecule has 2 atom stereocenters. The number of carbonyl (C=O) groups excluding carboxylic acids is 4. The summed E-state index contributed by atoms with van der Waals surface area (Å²) < 4.78 is 6.37. The van der Waals surface area contributed by atoms with E-state index in [1.807, 2.05) is 25.1 Å². The second-order valence-electron chi connectivity index (χ2n) is 16.2. The molecule has 2 unspecified atom stereocenters. The maximum atomic E-state index is 13.1. The van der Waals surface area contributed by atoms with E-state index in [1.54, 1.807) is 23.2 Å². The molecule has 4 aromatic rings. The maximum Gasteiger partial charge on any atom is 0.256 e. The van der Waals surface area contributed by atoms with Gasteiger partial charge in [-0.05, 0) is 120 Å². The molecular formula is C45H60N8O5. The van der Waals surface area contributed by atoms with Crippen molar-refractivity contribution in [2.24, 2.45) is 5.92 Å². The third-order valence-corrected chi connectivity index (χ3v) is 12.0. The van der Waals surface area contributed by atoms with Gasteiger partial charge in [0.2, 0.25) is 18.7 Å². The van der Waals surface area contributed by atoms with Crippen LogP contribution in [-0.4, -0.2) is 108 Å². The van der Waals surface area contributed by atoms with Crippen LogP contribution in [0.4, 0.5) is 11.5 Å². The summed E-state index contributed by atoms with van der Waals surface area (Å²) in [4.78, 5) is 64.6. The van der Waals surface area contributed by atoms with Crippen molar-refractivity contribution in [3.8, 4) is 5.75 Å². The number of aryl methyl sites for hydroxylation is 1. The Kier molecular flexibility index (Phi) is 14.5. The Hall–Kier alpha value is -5.27. The van der Waals surface area contributed by atoms with Crippen molar-refractivity contribution in [1.82, 2.24) is 30.0 Å². The molecule has 0 saturated carbocycles. The third-order valence-electron chi connectivity index (χ3n) is 12.0. The van der Waals surface area contributed by atoms with Crippen LogP contribution in [0, 0.1) is 12.8 Å². The molecule has 3 N–H and O–H groups in total. The number of nitrogens with one attached hydrogen (secondary N) is 3. The Morgan fingerprint density at radius 3 is 2.43 bits per heavy atom. The van der Waals surface area contributed by atoms with Crippen molar-refractivity contribution in [1.29, 1.82) is 0 Å². The molecule has 2 aromatic heterocycles. The number of amides is 4. The molecule has 0 radical (unpaired) electrons. The van der Waals surface area contributed by atoms with Gasteiger partial charge in [0.05, 0.1) is 5.52 Å². The number of imide groups is 1.